The van der Waals surface area contributed by atoms with Crippen molar-refractivity contribution < 1.29 is 14.4 Å². The largest absolute Gasteiger partial charge is 0.399 e. The SMILES string of the molecule is CO/N=C1/CC2(CCN(C(=O)C3CCN(CC4CCOCC4)CC3)CC2)c2ccccc21. The topological polar surface area (TPSA) is 54.4 Å². The van der Waals surface area contributed by atoms with Crippen LogP contribution >= 0.6 is 0 Å². The summed E-state index contributed by atoms with van der Waals surface area (Å²) in [6.45, 7) is 6.86. The Balaban J connectivity index is 1.15. The number of nitrogens with zero attached hydrogens (tertiary/aromatic N) is 3. The molecule has 3 fully saturated rings. The van der Waals surface area contributed by atoms with Crippen molar-refractivity contribution in [1.82, 2.24) is 9.80 Å². The van der Waals surface area contributed by atoms with E-state index < -0.39 is 0 Å². The lowest BCUT2D eigenvalue weighted by Gasteiger charge is -2.42. The number of benzene rings is 1. The molecule has 3 heterocycles. The predicted octanol–water partition coefficient (Wildman–Crippen LogP) is 3.44. The summed E-state index contributed by atoms with van der Waals surface area (Å²) < 4.78 is 5.50. The number of rotatable bonds is 4. The summed E-state index contributed by atoms with van der Waals surface area (Å²) in [6.07, 6.45) is 7.35. The molecule has 3 saturated heterocycles. The summed E-state index contributed by atoms with van der Waals surface area (Å²) >= 11 is 0. The van der Waals surface area contributed by atoms with Crippen LogP contribution in [0.25, 0.3) is 0 Å². The monoisotopic (exact) mass is 439 g/mol. The van der Waals surface area contributed by atoms with Crippen molar-refractivity contribution in [2.75, 3.05) is 53.0 Å². The molecule has 174 valence electrons. The maximum absolute atomic E-state index is 13.3. The second kappa shape index (κ2) is 9.52. The Hall–Kier alpha value is -1.92. The van der Waals surface area contributed by atoms with E-state index in [4.69, 9.17) is 9.57 Å². The van der Waals surface area contributed by atoms with Crippen LogP contribution in [-0.4, -0.2) is 74.5 Å². The van der Waals surface area contributed by atoms with Crippen LogP contribution in [0, 0.1) is 11.8 Å². The molecule has 1 aliphatic carbocycles. The van der Waals surface area contributed by atoms with Crippen molar-refractivity contribution in [3.63, 3.8) is 0 Å². The fraction of sp³-hybridized carbons (Fsp3) is 0.692. The van der Waals surface area contributed by atoms with Gasteiger partial charge in [-0.3, -0.25) is 4.79 Å². The molecule has 5 rings (SSSR count). The third-order valence-electron chi connectivity index (χ3n) is 8.34. The molecule has 0 unspecified atom stereocenters. The highest BCUT2D eigenvalue weighted by atomic mass is 16.6. The second-order valence-corrected chi connectivity index (χ2v) is 10.2. The zero-order valence-electron chi connectivity index (χ0n) is 19.4. The van der Waals surface area contributed by atoms with Gasteiger partial charge in [-0.05, 0) is 63.1 Å². The minimum Gasteiger partial charge on any atom is -0.399 e. The smallest absolute Gasteiger partial charge is 0.225 e. The number of carbonyl (C=O) groups is 1. The van der Waals surface area contributed by atoms with E-state index in [1.165, 1.54) is 30.5 Å². The lowest BCUT2D eigenvalue weighted by Crippen LogP contribution is -2.49. The Morgan fingerprint density at radius 2 is 1.81 bits per heavy atom. The predicted molar refractivity (Wildman–Crippen MR) is 125 cm³/mol. The highest BCUT2D eigenvalue weighted by Crippen LogP contribution is 2.46. The fourth-order valence-corrected chi connectivity index (χ4v) is 6.42. The first-order valence-electron chi connectivity index (χ1n) is 12.5. The van der Waals surface area contributed by atoms with Gasteiger partial charge in [-0.1, -0.05) is 29.4 Å². The third kappa shape index (κ3) is 4.32. The quantitative estimate of drug-likeness (QED) is 0.675. The van der Waals surface area contributed by atoms with E-state index in [1.807, 2.05) is 0 Å². The maximum atomic E-state index is 13.3. The van der Waals surface area contributed by atoms with E-state index >= 15 is 0 Å². The number of oxime groups is 1. The lowest BCUT2D eigenvalue weighted by molar-refractivity contribution is -0.138. The van der Waals surface area contributed by atoms with E-state index in [0.29, 0.717) is 5.91 Å². The van der Waals surface area contributed by atoms with Crippen LogP contribution in [0.1, 0.15) is 56.1 Å². The molecule has 1 aromatic rings. The first kappa shape index (κ1) is 21.9. The van der Waals surface area contributed by atoms with Gasteiger partial charge < -0.3 is 19.4 Å². The number of piperidine rings is 2. The number of likely N-dealkylation sites (tertiary alicyclic amines) is 2. The third-order valence-corrected chi connectivity index (χ3v) is 8.34. The van der Waals surface area contributed by atoms with Gasteiger partial charge >= 0.3 is 0 Å². The number of fused-ring (bicyclic) bond motifs is 2. The normalized spacial score (nSPS) is 25.9. The van der Waals surface area contributed by atoms with Crippen LogP contribution < -0.4 is 0 Å². The van der Waals surface area contributed by atoms with E-state index in [0.717, 1.165) is 83.1 Å². The van der Waals surface area contributed by atoms with Crippen molar-refractivity contribution in [2.45, 2.75) is 50.4 Å². The van der Waals surface area contributed by atoms with Crippen molar-refractivity contribution in [3.05, 3.63) is 35.4 Å². The van der Waals surface area contributed by atoms with Gasteiger partial charge in [0.1, 0.15) is 7.11 Å². The van der Waals surface area contributed by atoms with Gasteiger partial charge in [0.15, 0.2) is 0 Å². The molecule has 0 N–H and O–H groups in total. The van der Waals surface area contributed by atoms with E-state index in [9.17, 15) is 4.79 Å². The van der Waals surface area contributed by atoms with Crippen LogP contribution in [0.2, 0.25) is 0 Å². The summed E-state index contributed by atoms with van der Waals surface area (Å²) in [4.78, 5) is 23.2. The van der Waals surface area contributed by atoms with E-state index in [1.54, 1.807) is 7.11 Å². The standard InChI is InChI=1S/C26H37N3O3/c1-31-27-24-18-26(23-5-3-2-4-22(23)24)10-14-29(15-11-26)25(30)21-6-12-28(13-7-21)19-20-8-16-32-17-9-20/h2-5,20-21H,6-19H2,1H3/b27-24-. The second-order valence-electron chi connectivity index (χ2n) is 10.2. The zero-order valence-corrected chi connectivity index (χ0v) is 19.4. The highest BCUT2D eigenvalue weighted by Gasteiger charge is 2.45. The Labute approximate surface area is 191 Å². The van der Waals surface area contributed by atoms with E-state index in [2.05, 4.69) is 39.2 Å². The maximum Gasteiger partial charge on any atom is 0.225 e. The minimum absolute atomic E-state index is 0.109. The minimum atomic E-state index is 0.109. The number of hydrogen-bond donors (Lipinski definition) is 0. The van der Waals surface area contributed by atoms with Crippen LogP contribution in [0.15, 0.2) is 29.4 Å². The summed E-state index contributed by atoms with van der Waals surface area (Å²) in [6, 6.07) is 8.62. The van der Waals surface area contributed by atoms with Gasteiger partial charge in [-0.2, -0.15) is 0 Å². The number of hydrogen-bond acceptors (Lipinski definition) is 5. The molecular formula is C26H37N3O3. The Morgan fingerprint density at radius 1 is 1.09 bits per heavy atom. The molecule has 0 bridgehead atoms. The molecule has 1 amide bonds. The molecule has 32 heavy (non-hydrogen) atoms. The van der Waals surface area contributed by atoms with Crippen LogP contribution in [0.5, 0.6) is 0 Å². The molecule has 4 aliphatic rings. The van der Waals surface area contributed by atoms with Gasteiger partial charge in [0, 0.05) is 56.2 Å². The molecule has 0 radical (unpaired) electrons. The zero-order chi connectivity index (χ0) is 22.0. The number of amides is 1. The summed E-state index contributed by atoms with van der Waals surface area (Å²) in [5.41, 5.74) is 3.78. The lowest BCUT2D eigenvalue weighted by atomic mass is 9.73. The first-order valence-corrected chi connectivity index (χ1v) is 12.5. The Bertz CT molecular complexity index is 832. The van der Waals surface area contributed by atoms with Gasteiger partial charge in [-0.15, -0.1) is 0 Å². The first-order chi connectivity index (χ1) is 15.7. The van der Waals surface area contributed by atoms with Gasteiger partial charge in [0.05, 0.1) is 5.71 Å². The molecule has 0 atom stereocenters. The van der Waals surface area contributed by atoms with Crippen molar-refractivity contribution in [2.24, 2.45) is 17.0 Å². The number of carbonyl (C=O) groups excluding carboxylic acids is 1. The molecule has 3 aliphatic heterocycles. The van der Waals surface area contributed by atoms with Crippen LogP contribution in [0.4, 0.5) is 0 Å². The Morgan fingerprint density at radius 3 is 2.53 bits per heavy atom. The van der Waals surface area contributed by atoms with Gasteiger partial charge in [-0.25, -0.2) is 0 Å². The van der Waals surface area contributed by atoms with Crippen molar-refractivity contribution >= 4 is 11.6 Å². The average Bonchev–Trinajstić information content (AvgIpc) is 3.14. The van der Waals surface area contributed by atoms with Crippen molar-refractivity contribution in [1.29, 1.82) is 0 Å². The molecule has 6 heteroatoms. The highest BCUT2D eigenvalue weighted by molar-refractivity contribution is 6.05. The molecular weight excluding hydrogens is 402 g/mol. The fourth-order valence-electron chi connectivity index (χ4n) is 6.42. The summed E-state index contributed by atoms with van der Waals surface area (Å²) in [5, 5.41) is 4.32. The number of ether oxygens (including phenoxy) is 1. The summed E-state index contributed by atoms with van der Waals surface area (Å²) in [5.74, 6) is 1.37. The van der Waals surface area contributed by atoms with Crippen molar-refractivity contribution in [3.8, 4) is 0 Å². The van der Waals surface area contributed by atoms with Gasteiger partial charge in [0.25, 0.3) is 0 Å². The van der Waals surface area contributed by atoms with E-state index in [-0.39, 0.29) is 11.3 Å². The molecule has 1 spiro atoms. The Kier molecular flexibility index (Phi) is 6.51. The summed E-state index contributed by atoms with van der Waals surface area (Å²) in [7, 11) is 1.62. The molecule has 0 saturated carbocycles. The molecule has 0 aromatic heterocycles. The van der Waals surface area contributed by atoms with Gasteiger partial charge in [0.2, 0.25) is 5.91 Å². The van der Waals surface area contributed by atoms with Crippen LogP contribution in [0.3, 0.4) is 0 Å². The van der Waals surface area contributed by atoms with Crippen LogP contribution in [-0.2, 0) is 19.8 Å². The molecule has 6 nitrogen and oxygen atoms in total. The average molecular weight is 440 g/mol. The molecule has 1 aromatic carbocycles.